The van der Waals surface area contributed by atoms with Crippen molar-refractivity contribution in [3.8, 4) is 11.5 Å². The second-order valence-corrected chi connectivity index (χ2v) is 6.95. The van der Waals surface area contributed by atoms with Gasteiger partial charge in [-0.25, -0.2) is 0 Å². The van der Waals surface area contributed by atoms with E-state index in [-0.39, 0.29) is 4.83 Å². The number of benzene rings is 1. The van der Waals surface area contributed by atoms with Crippen LogP contribution < -0.4 is 9.47 Å². The van der Waals surface area contributed by atoms with Crippen LogP contribution in [0.15, 0.2) is 12.1 Å². The molecule has 2 rings (SSSR count). The molecule has 1 aromatic carbocycles. The molecule has 0 saturated heterocycles. The fourth-order valence-corrected chi connectivity index (χ4v) is 4.28. The summed E-state index contributed by atoms with van der Waals surface area (Å²) in [7, 11) is 3.28. The first-order valence-electron chi connectivity index (χ1n) is 7.21. The zero-order chi connectivity index (χ0) is 14.5. The van der Waals surface area contributed by atoms with Crippen LogP contribution in [-0.4, -0.2) is 14.2 Å². The Morgan fingerprint density at radius 3 is 2.35 bits per heavy atom. The lowest BCUT2D eigenvalue weighted by molar-refractivity contribution is 0.337. The summed E-state index contributed by atoms with van der Waals surface area (Å²) >= 11 is 10.2. The third-order valence-electron chi connectivity index (χ3n) is 4.11. The summed E-state index contributed by atoms with van der Waals surface area (Å²) < 4.78 is 10.6. The van der Waals surface area contributed by atoms with Crippen molar-refractivity contribution in [2.75, 3.05) is 14.2 Å². The SMILES string of the molecule is COc1cc(Cl)c(C(Br)CC2CCCCC2)cc1OC. The first-order valence-corrected chi connectivity index (χ1v) is 8.50. The average Bonchev–Trinajstić information content (AvgIpc) is 2.47. The quantitative estimate of drug-likeness (QED) is 0.620. The van der Waals surface area contributed by atoms with Gasteiger partial charge in [0.05, 0.1) is 14.2 Å². The molecule has 0 heterocycles. The molecule has 1 saturated carbocycles. The van der Waals surface area contributed by atoms with Crippen LogP contribution in [0.5, 0.6) is 11.5 Å². The molecule has 0 N–H and O–H groups in total. The molecule has 1 fully saturated rings. The Balaban J connectivity index is 2.13. The van der Waals surface area contributed by atoms with Gasteiger partial charge in [-0.1, -0.05) is 59.6 Å². The molecule has 0 radical (unpaired) electrons. The van der Waals surface area contributed by atoms with Crippen molar-refractivity contribution in [1.82, 2.24) is 0 Å². The molecule has 20 heavy (non-hydrogen) atoms. The van der Waals surface area contributed by atoms with Crippen LogP contribution in [0.2, 0.25) is 5.02 Å². The summed E-state index contributed by atoms with van der Waals surface area (Å²) in [5.41, 5.74) is 1.09. The highest BCUT2D eigenvalue weighted by Gasteiger charge is 2.21. The highest BCUT2D eigenvalue weighted by atomic mass is 79.9. The average molecular weight is 362 g/mol. The molecule has 2 nitrogen and oxygen atoms in total. The molecule has 4 heteroatoms. The first-order chi connectivity index (χ1) is 9.65. The fraction of sp³-hybridized carbons (Fsp3) is 0.625. The fourth-order valence-electron chi connectivity index (χ4n) is 2.95. The lowest BCUT2D eigenvalue weighted by atomic mass is 9.85. The van der Waals surface area contributed by atoms with Gasteiger partial charge in [-0.2, -0.15) is 0 Å². The molecule has 0 amide bonds. The normalized spacial score (nSPS) is 17.8. The molecule has 1 aromatic rings. The molecule has 0 aliphatic heterocycles. The highest BCUT2D eigenvalue weighted by Crippen LogP contribution is 2.42. The predicted octanol–water partition coefficient (Wildman–Crippen LogP) is 5.76. The van der Waals surface area contributed by atoms with E-state index in [1.54, 1.807) is 14.2 Å². The van der Waals surface area contributed by atoms with E-state index in [2.05, 4.69) is 15.9 Å². The van der Waals surface area contributed by atoms with Gasteiger partial charge < -0.3 is 9.47 Å². The van der Waals surface area contributed by atoms with Crippen molar-refractivity contribution in [3.05, 3.63) is 22.7 Å². The maximum atomic E-state index is 6.38. The first kappa shape index (κ1) is 16.0. The molecular formula is C16H22BrClO2. The van der Waals surface area contributed by atoms with Gasteiger partial charge in [0.15, 0.2) is 11.5 Å². The number of rotatable bonds is 5. The number of hydrogen-bond acceptors (Lipinski definition) is 2. The minimum atomic E-state index is 0.276. The zero-order valence-corrected chi connectivity index (χ0v) is 14.5. The van der Waals surface area contributed by atoms with Crippen LogP contribution in [0.3, 0.4) is 0 Å². The zero-order valence-electron chi connectivity index (χ0n) is 12.1. The van der Waals surface area contributed by atoms with Crippen LogP contribution in [0.4, 0.5) is 0 Å². The van der Waals surface area contributed by atoms with Gasteiger partial charge >= 0.3 is 0 Å². The van der Waals surface area contributed by atoms with Crippen LogP contribution in [-0.2, 0) is 0 Å². The minimum Gasteiger partial charge on any atom is -0.493 e. The third-order valence-corrected chi connectivity index (χ3v) is 5.30. The Bertz CT molecular complexity index is 444. The lowest BCUT2D eigenvalue weighted by Gasteiger charge is -2.24. The van der Waals surface area contributed by atoms with Gasteiger partial charge in [0, 0.05) is 15.9 Å². The van der Waals surface area contributed by atoms with Gasteiger partial charge in [0.1, 0.15) is 0 Å². The minimum absolute atomic E-state index is 0.276. The van der Waals surface area contributed by atoms with Crippen LogP contribution in [0.1, 0.15) is 48.9 Å². The van der Waals surface area contributed by atoms with Crippen molar-refractivity contribution < 1.29 is 9.47 Å². The Labute approximate surface area is 134 Å². The number of hydrogen-bond donors (Lipinski definition) is 0. The third kappa shape index (κ3) is 3.82. The summed E-state index contributed by atoms with van der Waals surface area (Å²) in [6.07, 6.45) is 7.93. The molecule has 1 atom stereocenters. The van der Waals surface area contributed by atoms with E-state index in [0.717, 1.165) is 28.7 Å². The second-order valence-electron chi connectivity index (χ2n) is 5.44. The largest absolute Gasteiger partial charge is 0.493 e. The summed E-state index contributed by atoms with van der Waals surface area (Å²) in [6.45, 7) is 0. The van der Waals surface area contributed by atoms with Crippen LogP contribution in [0.25, 0.3) is 0 Å². The summed E-state index contributed by atoms with van der Waals surface area (Å²) in [5, 5.41) is 0.736. The van der Waals surface area contributed by atoms with Crippen molar-refractivity contribution in [2.24, 2.45) is 5.92 Å². The molecule has 1 unspecified atom stereocenters. The standard InChI is InChI=1S/C16H22BrClO2/c1-19-15-9-12(14(18)10-16(15)20-2)13(17)8-11-6-4-3-5-7-11/h9-11,13H,3-8H2,1-2H3. The molecule has 0 aromatic heterocycles. The topological polar surface area (TPSA) is 18.5 Å². The van der Waals surface area contributed by atoms with Gasteiger partial charge in [-0.05, 0) is 24.0 Å². The maximum Gasteiger partial charge on any atom is 0.162 e. The Morgan fingerprint density at radius 2 is 1.75 bits per heavy atom. The predicted molar refractivity (Wildman–Crippen MR) is 87.4 cm³/mol. The van der Waals surface area contributed by atoms with E-state index in [1.807, 2.05) is 12.1 Å². The van der Waals surface area contributed by atoms with E-state index < -0.39 is 0 Å². The number of ether oxygens (including phenoxy) is 2. The van der Waals surface area contributed by atoms with Gasteiger partial charge in [-0.15, -0.1) is 0 Å². The molecular weight excluding hydrogens is 340 g/mol. The van der Waals surface area contributed by atoms with E-state index in [0.29, 0.717) is 5.75 Å². The second kappa shape index (κ2) is 7.56. The molecule has 1 aliphatic carbocycles. The van der Waals surface area contributed by atoms with E-state index in [1.165, 1.54) is 32.1 Å². The lowest BCUT2D eigenvalue weighted by Crippen LogP contribution is -2.09. The Morgan fingerprint density at radius 1 is 1.15 bits per heavy atom. The van der Waals surface area contributed by atoms with Gasteiger partial charge in [-0.3, -0.25) is 0 Å². The van der Waals surface area contributed by atoms with E-state index in [9.17, 15) is 0 Å². The van der Waals surface area contributed by atoms with Crippen molar-refractivity contribution in [2.45, 2.75) is 43.4 Å². The monoisotopic (exact) mass is 360 g/mol. The number of halogens is 2. The maximum absolute atomic E-state index is 6.38. The van der Waals surface area contributed by atoms with E-state index >= 15 is 0 Å². The number of methoxy groups -OCH3 is 2. The van der Waals surface area contributed by atoms with Crippen molar-refractivity contribution in [1.29, 1.82) is 0 Å². The highest BCUT2D eigenvalue weighted by molar-refractivity contribution is 9.09. The van der Waals surface area contributed by atoms with Crippen molar-refractivity contribution in [3.63, 3.8) is 0 Å². The van der Waals surface area contributed by atoms with Gasteiger partial charge in [0.25, 0.3) is 0 Å². The van der Waals surface area contributed by atoms with Crippen LogP contribution >= 0.6 is 27.5 Å². The van der Waals surface area contributed by atoms with Crippen molar-refractivity contribution >= 4 is 27.5 Å². The Kier molecular flexibility index (Phi) is 6.03. The van der Waals surface area contributed by atoms with Gasteiger partial charge in [0.2, 0.25) is 0 Å². The molecule has 0 spiro atoms. The summed E-state index contributed by atoms with van der Waals surface area (Å²) in [4.78, 5) is 0.276. The van der Waals surface area contributed by atoms with E-state index in [4.69, 9.17) is 21.1 Å². The summed E-state index contributed by atoms with van der Waals surface area (Å²) in [5.74, 6) is 2.22. The summed E-state index contributed by atoms with van der Waals surface area (Å²) in [6, 6.07) is 3.83. The van der Waals surface area contributed by atoms with Crippen LogP contribution in [0, 0.1) is 5.92 Å². The number of alkyl halides is 1. The Hall–Kier alpha value is -0.410. The smallest absolute Gasteiger partial charge is 0.162 e. The molecule has 1 aliphatic rings. The molecule has 0 bridgehead atoms. The molecule has 112 valence electrons.